The van der Waals surface area contributed by atoms with Crippen molar-refractivity contribution in [3.8, 4) is 0 Å². The Morgan fingerprint density at radius 3 is 2.35 bits per heavy atom. The Bertz CT molecular complexity index is 457. The van der Waals surface area contributed by atoms with E-state index in [1.165, 1.54) is 0 Å². The lowest BCUT2D eigenvalue weighted by atomic mass is 10.2. The molecule has 0 fully saturated rings. The molecule has 20 heavy (non-hydrogen) atoms. The first-order chi connectivity index (χ1) is 9.43. The first kappa shape index (κ1) is 16.1. The Balaban J connectivity index is 2.59. The summed E-state index contributed by atoms with van der Waals surface area (Å²) in [7, 11) is 0. The quantitative estimate of drug-likeness (QED) is 0.674. The largest absolute Gasteiger partial charge is 0.395 e. The molecular formula is C14H21N3O3. The molecule has 1 aromatic rings. The molecule has 0 aliphatic carbocycles. The molecule has 0 unspecified atom stereocenters. The molecule has 0 saturated heterocycles. The Morgan fingerprint density at radius 2 is 1.90 bits per heavy atom. The topological polar surface area (TPSA) is 95.7 Å². The zero-order valence-corrected chi connectivity index (χ0v) is 11.8. The number of hydrogen-bond donors (Lipinski definition) is 3. The molecule has 0 aliphatic heterocycles. The highest BCUT2D eigenvalue weighted by Gasteiger charge is 2.13. The number of nitrogens with two attached hydrogens (primary N) is 1. The van der Waals surface area contributed by atoms with Crippen molar-refractivity contribution in [3.05, 3.63) is 29.8 Å². The molecule has 0 aliphatic rings. The molecule has 0 heterocycles. The molecule has 0 spiro atoms. The van der Waals surface area contributed by atoms with Gasteiger partial charge >= 0.3 is 0 Å². The molecule has 6 nitrogen and oxygen atoms in total. The lowest BCUT2D eigenvalue weighted by Crippen LogP contribution is -2.39. The van der Waals surface area contributed by atoms with Gasteiger partial charge in [-0.05, 0) is 38.1 Å². The maximum Gasteiger partial charge on any atom is 0.248 e. The third-order valence-electron chi connectivity index (χ3n) is 2.92. The van der Waals surface area contributed by atoms with Crippen LogP contribution in [0.5, 0.6) is 0 Å². The van der Waals surface area contributed by atoms with Crippen LogP contribution in [-0.4, -0.2) is 47.6 Å². The van der Waals surface area contributed by atoms with E-state index < -0.39 is 5.91 Å². The van der Waals surface area contributed by atoms with Gasteiger partial charge in [-0.3, -0.25) is 14.5 Å². The molecule has 0 saturated carbocycles. The van der Waals surface area contributed by atoms with Crippen molar-refractivity contribution in [1.82, 2.24) is 4.90 Å². The van der Waals surface area contributed by atoms with E-state index in [9.17, 15) is 9.59 Å². The number of aliphatic hydroxyl groups excluding tert-OH is 1. The number of rotatable bonds is 7. The SMILES string of the molecule is CC(C)N(CCO)CC(=O)Nc1ccc(C(N)=O)cc1. The van der Waals surface area contributed by atoms with Crippen LogP contribution in [0.4, 0.5) is 5.69 Å². The minimum Gasteiger partial charge on any atom is -0.395 e. The number of nitrogens with zero attached hydrogens (tertiary/aromatic N) is 1. The van der Waals surface area contributed by atoms with E-state index in [-0.39, 0.29) is 25.1 Å². The average Bonchev–Trinajstić information content (AvgIpc) is 2.38. The van der Waals surface area contributed by atoms with Crippen LogP contribution in [0.25, 0.3) is 0 Å². The third-order valence-corrected chi connectivity index (χ3v) is 2.92. The van der Waals surface area contributed by atoms with Gasteiger partial charge in [0, 0.05) is 23.8 Å². The summed E-state index contributed by atoms with van der Waals surface area (Å²) in [4.78, 5) is 24.7. The summed E-state index contributed by atoms with van der Waals surface area (Å²) in [5, 5.41) is 11.7. The van der Waals surface area contributed by atoms with Gasteiger partial charge in [0.2, 0.25) is 11.8 Å². The lowest BCUT2D eigenvalue weighted by Gasteiger charge is -2.24. The molecule has 0 atom stereocenters. The molecule has 0 bridgehead atoms. The summed E-state index contributed by atoms with van der Waals surface area (Å²) in [6, 6.07) is 6.55. The van der Waals surface area contributed by atoms with Crippen LogP contribution in [0.2, 0.25) is 0 Å². The Hall–Kier alpha value is -1.92. The molecule has 1 rings (SSSR count). The van der Waals surface area contributed by atoms with Gasteiger partial charge in [0.1, 0.15) is 0 Å². The molecular weight excluding hydrogens is 258 g/mol. The third kappa shape index (κ3) is 4.99. The smallest absolute Gasteiger partial charge is 0.248 e. The van der Waals surface area contributed by atoms with Crippen LogP contribution in [0, 0.1) is 0 Å². The first-order valence-electron chi connectivity index (χ1n) is 6.48. The van der Waals surface area contributed by atoms with Gasteiger partial charge in [-0.15, -0.1) is 0 Å². The number of primary amides is 1. The van der Waals surface area contributed by atoms with E-state index in [1.807, 2.05) is 18.7 Å². The predicted molar refractivity (Wildman–Crippen MR) is 77.4 cm³/mol. The maximum absolute atomic E-state index is 11.9. The number of benzene rings is 1. The van der Waals surface area contributed by atoms with Crippen LogP contribution in [-0.2, 0) is 4.79 Å². The summed E-state index contributed by atoms with van der Waals surface area (Å²) >= 11 is 0. The minimum absolute atomic E-state index is 0.0127. The number of anilines is 1. The highest BCUT2D eigenvalue weighted by molar-refractivity contribution is 5.95. The van der Waals surface area contributed by atoms with Crippen molar-refractivity contribution < 1.29 is 14.7 Å². The Morgan fingerprint density at radius 1 is 1.30 bits per heavy atom. The van der Waals surface area contributed by atoms with Crippen LogP contribution in [0.15, 0.2) is 24.3 Å². The maximum atomic E-state index is 11.9. The zero-order valence-electron chi connectivity index (χ0n) is 11.8. The number of carbonyl (C=O) groups is 2. The molecule has 110 valence electrons. The fraction of sp³-hybridized carbons (Fsp3) is 0.429. The van der Waals surface area contributed by atoms with E-state index in [1.54, 1.807) is 24.3 Å². The van der Waals surface area contributed by atoms with Gasteiger partial charge in [0.15, 0.2) is 0 Å². The van der Waals surface area contributed by atoms with E-state index >= 15 is 0 Å². The second-order valence-electron chi connectivity index (χ2n) is 4.78. The molecule has 2 amide bonds. The van der Waals surface area contributed by atoms with E-state index in [2.05, 4.69) is 5.32 Å². The van der Waals surface area contributed by atoms with Crippen molar-refractivity contribution in [2.75, 3.05) is 25.0 Å². The van der Waals surface area contributed by atoms with E-state index in [4.69, 9.17) is 10.8 Å². The number of nitrogens with one attached hydrogen (secondary N) is 1. The fourth-order valence-electron chi connectivity index (χ4n) is 1.75. The van der Waals surface area contributed by atoms with Crippen LogP contribution >= 0.6 is 0 Å². The highest BCUT2D eigenvalue weighted by atomic mass is 16.3. The standard InChI is InChI=1S/C14H21N3O3/c1-10(2)17(7-8-18)9-13(19)16-12-5-3-11(4-6-12)14(15)20/h3-6,10,18H,7-9H2,1-2H3,(H2,15,20)(H,16,19). The van der Waals surface area contributed by atoms with Crippen molar-refractivity contribution >= 4 is 17.5 Å². The van der Waals surface area contributed by atoms with Crippen LogP contribution in [0.1, 0.15) is 24.2 Å². The zero-order chi connectivity index (χ0) is 15.1. The fourth-order valence-corrected chi connectivity index (χ4v) is 1.75. The second-order valence-corrected chi connectivity index (χ2v) is 4.78. The number of aliphatic hydroxyl groups is 1. The summed E-state index contributed by atoms with van der Waals surface area (Å²) < 4.78 is 0. The Kier molecular flexibility index (Phi) is 6.14. The van der Waals surface area contributed by atoms with Gasteiger partial charge in [-0.25, -0.2) is 0 Å². The number of carbonyl (C=O) groups excluding carboxylic acids is 2. The van der Waals surface area contributed by atoms with Gasteiger partial charge in [-0.1, -0.05) is 0 Å². The summed E-state index contributed by atoms with van der Waals surface area (Å²) in [5.74, 6) is -0.671. The summed E-state index contributed by atoms with van der Waals surface area (Å²) in [6.07, 6.45) is 0. The number of amides is 2. The number of hydrogen-bond acceptors (Lipinski definition) is 4. The van der Waals surface area contributed by atoms with Crippen molar-refractivity contribution in [2.24, 2.45) is 5.73 Å². The predicted octanol–water partition coefficient (Wildman–Crippen LogP) is 0.427. The summed E-state index contributed by atoms with van der Waals surface area (Å²) in [5.41, 5.74) is 6.14. The van der Waals surface area contributed by atoms with E-state index in [0.29, 0.717) is 17.8 Å². The van der Waals surface area contributed by atoms with Crippen molar-refractivity contribution in [1.29, 1.82) is 0 Å². The minimum atomic E-state index is -0.503. The molecule has 0 aromatic heterocycles. The van der Waals surface area contributed by atoms with Gasteiger partial charge < -0.3 is 16.2 Å². The molecule has 6 heteroatoms. The highest BCUT2D eigenvalue weighted by Crippen LogP contribution is 2.09. The summed E-state index contributed by atoms with van der Waals surface area (Å²) in [6.45, 7) is 4.59. The van der Waals surface area contributed by atoms with Gasteiger partial charge in [-0.2, -0.15) is 0 Å². The van der Waals surface area contributed by atoms with Crippen molar-refractivity contribution in [2.45, 2.75) is 19.9 Å². The monoisotopic (exact) mass is 279 g/mol. The van der Waals surface area contributed by atoms with Gasteiger partial charge in [0.25, 0.3) is 0 Å². The van der Waals surface area contributed by atoms with E-state index in [0.717, 1.165) is 0 Å². The van der Waals surface area contributed by atoms with Crippen LogP contribution in [0.3, 0.4) is 0 Å². The molecule has 0 radical (unpaired) electrons. The van der Waals surface area contributed by atoms with Gasteiger partial charge in [0.05, 0.1) is 13.2 Å². The first-order valence-corrected chi connectivity index (χ1v) is 6.48. The normalized spacial score (nSPS) is 10.8. The molecule has 1 aromatic carbocycles. The van der Waals surface area contributed by atoms with Crippen LogP contribution < -0.4 is 11.1 Å². The Labute approximate surface area is 118 Å². The second kappa shape index (κ2) is 7.62. The average molecular weight is 279 g/mol. The van der Waals surface area contributed by atoms with Crippen molar-refractivity contribution in [3.63, 3.8) is 0 Å². The lowest BCUT2D eigenvalue weighted by molar-refractivity contribution is -0.117. The molecule has 4 N–H and O–H groups in total.